The van der Waals surface area contributed by atoms with Gasteiger partial charge in [-0.15, -0.1) is 0 Å². The Morgan fingerprint density at radius 1 is 1.00 bits per heavy atom. The van der Waals surface area contributed by atoms with Crippen LogP contribution in [0.4, 0.5) is 0 Å². The molecule has 0 bridgehead atoms. The summed E-state index contributed by atoms with van der Waals surface area (Å²) in [6.45, 7) is 7.43. The van der Waals surface area contributed by atoms with Crippen molar-refractivity contribution in [1.29, 1.82) is 0 Å². The Hall–Kier alpha value is -0.570. The van der Waals surface area contributed by atoms with Crippen LogP contribution in [0.2, 0.25) is 0 Å². The summed E-state index contributed by atoms with van der Waals surface area (Å²) in [6, 6.07) is 0. The minimum absolute atomic E-state index is 0.0561. The zero-order valence-corrected chi connectivity index (χ0v) is 17.6. The Bertz CT molecular complexity index is 574. The molecule has 154 valence electrons. The third-order valence-corrected chi connectivity index (χ3v) is 10.2. The van der Waals surface area contributed by atoms with Crippen LogP contribution in [-0.4, -0.2) is 22.3 Å². The van der Waals surface area contributed by atoms with Gasteiger partial charge in [0.05, 0.1) is 6.10 Å². The SMILES string of the molecule is C[C@@H](CCC(=O)O)[C@@H]1CC[C@H]2[C@@H]3CC[C@H]4C[C@@H](O)CC[C@@]4(C)[C@H]3CC[C@]21C. The van der Waals surface area contributed by atoms with Gasteiger partial charge in [-0.2, -0.15) is 0 Å². The number of carboxylic acid groups (broad SMARTS) is 1. The average molecular weight is 377 g/mol. The number of aliphatic carboxylic acids is 1. The minimum atomic E-state index is -0.643. The zero-order valence-electron chi connectivity index (χ0n) is 17.6. The third kappa shape index (κ3) is 3.16. The lowest BCUT2D eigenvalue weighted by Gasteiger charge is -2.61. The molecule has 0 aromatic rings. The van der Waals surface area contributed by atoms with E-state index in [-0.39, 0.29) is 6.10 Å². The van der Waals surface area contributed by atoms with Crippen LogP contribution in [0, 0.1) is 46.3 Å². The van der Waals surface area contributed by atoms with Crippen molar-refractivity contribution in [1.82, 2.24) is 0 Å². The maximum Gasteiger partial charge on any atom is 0.303 e. The van der Waals surface area contributed by atoms with E-state index < -0.39 is 5.97 Å². The number of rotatable bonds is 4. The molecule has 0 aromatic carbocycles. The van der Waals surface area contributed by atoms with E-state index in [0.29, 0.717) is 29.1 Å². The molecule has 3 heteroatoms. The fourth-order valence-electron chi connectivity index (χ4n) is 8.76. The Morgan fingerprint density at radius 3 is 2.44 bits per heavy atom. The molecule has 9 atom stereocenters. The monoisotopic (exact) mass is 376 g/mol. The average Bonchev–Trinajstić information content (AvgIpc) is 2.97. The summed E-state index contributed by atoms with van der Waals surface area (Å²) in [5, 5.41) is 19.3. The Balaban J connectivity index is 1.51. The van der Waals surface area contributed by atoms with Crippen molar-refractivity contribution in [3.8, 4) is 0 Å². The quantitative estimate of drug-likeness (QED) is 0.680. The number of aliphatic hydroxyl groups excluding tert-OH is 1. The first-order valence-corrected chi connectivity index (χ1v) is 11.7. The van der Waals surface area contributed by atoms with Crippen molar-refractivity contribution in [3.63, 3.8) is 0 Å². The van der Waals surface area contributed by atoms with E-state index in [1.807, 2.05) is 0 Å². The van der Waals surface area contributed by atoms with E-state index in [1.54, 1.807) is 0 Å². The van der Waals surface area contributed by atoms with Gasteiger partial charge in [-0.3, -0.25) is 4.79 Å². The van der Waals surface area contributed by atoms with E-state index in [9.17, 15) is 9.90 Å². The lowest BCUT2D eigenvalue weighted by molar-refractivity contribution is -0.138. The highest BCUT2D eigenvalue weighted by atomic mass is 16.4. The van der Waals surface area contributed by atoms with E-state index in [1.165, 1.54) is 44.9 Å². The van der Waals surface area contributed by atoms with Crippen LogP contribution in [0.25, 0.3) is 0 Å². The van der Waals surface area contributed by atoms with Crippen LogP contribution in [0.15, 0.2) is 0 Å². The highest BCUT2D eigenvalue weighted by Gasteiger charge is 2.60. The van der Waals surface area contributed by atoms with E-state index in [2.05, 4.69) is 20.8 Å². The van der Waals surface area contributed by atoms with E-state index >= 15 is 0 Å². The molecule has 0 heterocycles. The standard InChI is InChI=1S/C24H40O3/c1-15(4-9-22(26)27)19-7-8-20-18-6-5-16-14-17(25)10-12-23(16,2)21(18)11-13-24(19,20)3/h15-21,25H,4-14H2,1-3H3,(H,26,27)/t15-,16-,17-,18-,19-,20-,21-,23+,24-/m0/s1. The van der Waals surface area contributed by atoms with Gasteiger partial charge in [-0.05, 0) is 111 Å². The molecule has 4 saturated carbocycles. The van der Waals surface area contributed by atoms with Crippen molar-refractivity contribution >= 4 is 5.97 Å². The molecular weight excluding hydrogens is 336 g/mol. The molecule has 4 aliphatic rings. The molecule has 4 aliphatic carbocycles. The summed E-state index contributed by atoms with van der Waals surface area (Å²) >= 11 is 0. The lowest BCUT2D eigenvalue weighted by atomic mass is 9.44. The second kappa shape index (κ2) is 7.04. The van der Waals surface area contributed by atoms with Gasteiger partial charge in [0, 0.05) is 6.42 Å². The van der Waals surface area contributed by atoms with Gasteiger partial charge in [0.25, 0.3) is 0 Å². The lowest BCUT2D eigenvalue weighted by Crippen LogP contribution is -2.54. The molecule has 3 nitrogen and oxygen atoms in total. The molecule has 4 rings (SSSR count). The predicted molar refractivity (Wildman–Crippen MR) is 107 cm³/mol. The van der Waals surface area contributed by atoms with Crippen LogP contribution in [0.3, 0.4) is 0 Å². The molecule has 0 amide bonds. The molecule has 27 heavy (non-hydrogen) atoms. The summed E-state index contributed by atoms with van der Waals surface area (Å²) in [6.07, 6.45) is 12.4. The minimum Gasteiger partial charge on any atom is -0.481 e. The van der Waals surface area contributed by atoms with E-state index in [0.717, 1.165) is 42.9 Å². The van der Waals surface area contributed by atoms with E-state index in [4.69, 9.17) is 5.11 Å². The zero-order chi connectivity index (χ0) is 19.4. The predicted octanol–water partition coefficient (Wildman–Crippen LogP) is 5.51. The summed E-state index contributed by atoms with van der Waals surface area (Å²) < 4.78 is 0. The number of carboxylic acids is 1. The van der Waals surface area contributed by atoms with Crippen molar-refractivity contribution < 1.29 is 15.0 Å². The van der Waals surface area contributed by atoms with Crippen LogP contribution < -0.4 is 0 Å². The number of carbonyl (C=O) groups is 1. The van der Waals surface area contributed by atoms with Gasteiger partial charge in [-0.1, -0.05) is 20.8 Å². The van der Waals surface area contributed by atoms with Gasteiger partial charge < -0.3 is 10.2 Å². The smallest absolute Gasteiger partial charge is 0.303 e. The molecule has 0 spiro atoms. The Kier molecular flexibility index (Phi) is 5.15. The van der Waals surface area contributed by atoms with Crippen molar-refractivity contribution in [3.05, 3.63) is 0 Å². The first kappa shape index (κ1) is 19.7. The molecule has 2 N–H and O–H groups in total. The normalized spacial score (nSPS) is 50.4. The maximum atomic E-state index is 11.0. The van der Waals surface area contributed by atoms with Gasteiger partial charge >= 0.3 is 5.97 Å². The molecule has 0 unspecified atom stereocenters. The first-order chi connectivity index (χ1) is 12.8. The van der Waals surface area contributed by atoms with Crippen LogP contribution in [-0.2, 0) is 4.79 Å². The fraction of sp³-hybridized carbons (Fsp3) is 0.958. The van der Waals surface area contributed by atoms with Crippen LogP contribution >= 0.6 is 0 Å². The van der Waals surface area contributed by atoms with Crippen LogP contribution in [0.5, 0.6) is 0 Å². The molecule has 4 fully saturated rings. The summed E-state index contributed by atoms with van der Waals surface area (Å²) in [4.78, 5) is 11.0. The summed E-state index contributed by atoms with van der Waals surface area (Å²) in [5.74, 6) is 3.91. The molecule has 0 aromatic heterocycles. The van der Waals surface area contributed by atoms with Gasteiger partial charge in [-0.25, -0.2) is 0 Å². The third-order valence-electron chi connectivity index (χ3n) is 10.2. The van der Waals surface area contributed by atoms with Gasteiger partial charge in [0.15, 0.2) is 0 Å². The molecular formula is C24H40O3. The number of hydrogen-bond donors (Lipinski definition) is 2. The number of aliphatic hydroxyl groups is 1. The van der Waals surface area contributed by atoms with Gasteiger partial charge in [0.1, 0.15) is 0 Å². The van der Waals surface area contributed by atoms with Crippen molar-refractivity contribution in [2.45, 2.75) is 97.5 Å². The van der Waals surface area contributed by atoms with Crippen molar-refractivity contribution in [2.75, 3.05) is 0 Å². The Morgan fingerprint density at radius 2 is 1.70 bits per heavy atom. The second-order valence-corrected chi connectivity index (χ2v) is 11.2. The number of hydrogen-bond acceptors (Lipinski definition) is 2. The van der Waals surface area contributed by atoms with Crippen LogP contribution in [0.1, 0.15) is 91.4 Å². The molecule has 0 radical (unpaired) electrons. The van der Waals surface area contributed by atoms with Gasteiger partial charge in [0.2, 0.25) is 0 Å². The molecule has 0 aliphatic heterocycles. The highest BCUT2D eigenvalue weighted by Crippen LogP contribution is 2.68. The topological polar surface area (TPSA) is 57.5 Å². The molecule has 0 saturated heterocycles. The highest BCUT2D eigenvalue weighted by molar-refractivity contribution is 5.66. The Labute approximate surface area is 165 Å². The fourth-order valence-corrected chi connectivity index (χ4v) is 8.76. The van der Waals surface area contributed by atoms with Crippen molar-refractivity contribution in [2.24, 2.45) is 46.3 Å². The first-order valence-electron chi connectivity index (χ1n) is 11.7. The summed E-state index contributed by atoms with van der Waals surface area (Å²) in [5.41, 5.74) is 0.882. The second-order valence-electron chi connectivity index (χ2n) is 11.2. The summed E-state index contributed by atoms with van der Waals surface area (Å²) in [7, 11) is 0. The number of fused-ring (bicyclic) bond motifs is 5. The maximum absolute atomic E-state index is 11.0. The largest absolute Gasteiger partial charge is 0.481 e.